The van der Waals surface area contributed by atoms with Crippen molar-refractivity contribution in [3.63, 3.8) is 0 Å². The van der Waals surface area contributed by atoms with Gasteiger partial charge in [0.2, 0.25) is 5.95 Å². The molecule has 0 bridgehead atoms. The predicted octanol–water partition coefficient (Wildman–Crippen LogP) is 0.914. The highest BCUT2D eigenvalue weighted by Crippen LogP contribution is 2.29. The Kier molecular flexibility index (Phi) is 3.05. The topological polar surface area (TPSA) is 64.3 Å². The summed E-state index contributed by atoms with van der Waals surface area (Å²) in [6, 6.07) is 0.726. The van der Waals surface area contributed by atoms with Crippen LogP contribution in [0.5, 0.6) is 0 Å². The van der Waals surface area contributed by atoms with Crippen LogP contribution in [0.3, 0.4) is 0 Å². The van der Waals surface area contributed by atoms with Crippen LogP contribution >= 0.6 is 0 Å². The molecule has 1 aromatic heterocycles. The van der Waals surface area contributed by atoms with Gasteiger partial charge >= 0.3 is 6.18 Å². The molecule has 2 N–H and O–H groups in total. The highest BCUT2D eigenvalue weighted by molar-refractivity contribution is 5.41. The minimum absolute atomic E-state index is 0.000579. The lowest BCUT2D eigenvalue weighted by Crippen LogP contribution is -2.37. The van der Waals surface area contributed by atoms with Crippen molar-refractivity contribution in [1.29, 1.82) is 0 Å². The zero-order valence-corrected chi connectivity index (χ0v) is 8.87. The van der Waals surface area contributed by atoms with Gasteiger partial charge in [0.1, 0.15) is 5.82 Å². The van der Waals surface area contributed by atoms with Crippen LogP contribution in [0, 0.1) is 0 Å². The lowest BCUT2D eigenvalue weighted by Gasteiger charge is -2.27. The predicted molar refractivity (Wildman–Crippen MR) is 54.5 cm³/mol. The number of nitrogens with zero attached hydrogens (tertiary/aromatic N) is 3. The molecule has 2 heterocycles. The van der Waals surface area contributed by atoms with Gasteiger partial charge in [0, 0.05) is 19.2 Å². The molecule has 94 valence electrons. The second-order valence-corrected chi connectivity index (χ2v) is 3.58. The molecule has 0 radical (unpaired) electrons. The molecule has 0 unspecified atom stereocenters. The maximum absolute atomic E-state index is 12.5. The molecule has 5 nitrogen and oxygen atoms in total. The summed E-state index contributed by atoms with van der Waals surface area (Å²) in [6.07, 6.45) is -4.52. The highest BCUT2D eigenvalue weighted by atomic mass is 19.4. The van der Waals surface area contributed by atoms with E-state index in [4.69, 9.17) is 10.5 Å². The summed E-state index contributed by atoms with van der Waals surface area (Å²) in [4.78, 5) is 8.91. The fraction of sp³-hybridized carbons (Fsp3) is 0.556. The third-order valence-corrected chi connectivity index (χ3v) is 2.32. The van der Waals surface area contributed by atoms with Crippen LogP contribution < -0.4 is 10.6 Å². The number of morpholine rings is 1. The smallest absolute Gasteiger partial charge is 0.384 e. The highest BCUT2D eigenvalue weighted by Gasteiger charge is 2.34. The average molecular weight is 248 g/mol. The van der Waals surface area contributed by atoms with Crippen molar-refractivity contribution in [3.05, 3.63) is 11.8 Å². The summed E-state index contributed by atoms with van der Waals surface area (Å²) in [5.41, 5.74) is 4.33. The number of hydrogen-bond acceptors (Lipinski definition) is 5. The second kappa shape index (κ2) is 4.36. The molecule has 1 aliphatic rings. The van der Waals surface area contributed by atoms with Crippen LogP contribution in [-0.4, -0.2) is 36.3 Å². The number of nitrogens with two attached hydrogens (primary N) is 1. The summed E-state index contributed by atoms with van der Waals surface area (Å²) < 4.78 is 42.7. The molecule has 0 aromatic carbocycles. The SMILES string of the molecule is Nc1cc(C(F)(F)F)nc(N2CCOCC2)n1. The first kappa shape index (κ1) is 11.9. The molecule has 0 amide bonds. The molecule has 1 saturated heterocycles. The molecular formula is C9H11F3N4O. The molecular weight excluding hydrogens is 237 g/mol. The summed E-state index contributed by atoms with van der Waals surface area (Å²) >= 11 is 0. The van der Waals surface area contributed by atoms with E-state index >= 15 is 0 Å². The van der Waals surface area contributed by atoms with Gasteiger partial charge in [-0.2, -0.15) is 18.2 Å². The third-order valence-electron chi connectivity index (χ3n) is 2.32. The Balaban J connectivity index is 2.31. The number of alkyl halides is 3. The van der Waals surface area contributed by atoms with Gasteiger partial charge in [-0.05, 0) is 0 Å². The Morgan fingerprint density at radius 2 is 1.88 bits per heavy atom. The van der Waals surface area contributed by atoms with E-state index in [1.54, 1.807) is 4.90 Å². The molecule has 0 aliphatic carbocycles. The Morgan fingerprint density at radius 1 is 1.24 bits per heavy atom. The summed E-state index contributed by atoms with van der Waals surface area (Å²) in [6.45, 7) is 1.81. The number of rotatable bonds is 1. The molecule has 2 rings (SSSR count). The molecule has 1 fully saturated rings. The van der Waals surface area contributed by atoms with E-state index in [0.717, 1.165) is 6.07 Å². The van der Waals surface area contributed by atoms with Crippen molar-refractivity contribution < 1.29 is 17.9 Å². The number of halogens is 3. The largest absolute Gasteiger partial charge is 0.433 e. The normalized spacial score (nSPS) is 17.2. The fourth-order valence-electron chi connectivity index (χ4n) is 1.50. The molecule has 0 spiro atoms. The van der Waals surface area contributed by atoms with Crippen LogP contribution in [-0.2, 0) is 10.9 Å². The number of hydrogen-bond donors (Lipinski definition) is 1. The van der Waals surface area contributed by atoms with Gasteiger partial charge in [-0.15, -0.1) is 0 Å². The minimum atomic E-state index is -4.52. The maximum atomic E-state index is 12.5. The molecule has 0 atom stereocenters. The van der Waals surface area contributed by atoms with Gasteiger partial charge in [-0.1, -0.05) is 0 Å². The molecule has 0 saturated carbocycles. The van der Waals surface area contributed by atoms with Crippen LogP contribution in [0.4, 0.5) is 24.9 Å². The Labute approximate surface area is 95.4 Å². The van der Waals surface area contributed by atoms with Crippen LogP contribution in [0.25, 0.3) is 0 Å². The molecule has 1 aliphatic heterocycles. The van der Waals surface area contributed by atoms with Crippen molar-refractivity contribution in [2.45, 2.75) is 6.18 Å². The van der Waals surface area contributed by atoms with E-state index in [0.29, 0.717) is 26.3 Å². The van der Waals surface area contributed by atoms with E-state index < -0.39 is 11.9 Å². The van der Waals surface area contributed by atoms with Crippen molar-refractivity contribution in [1.82, 2.24) is 9.97 Å². The van der Waals surface area contributed by atoms with E-state index in [2.05, 4.69) is 9.97 Å². The van der Waals surface area contributed by atoms with Gasteiger partial charge in [-0.3, -0.25) is 0 Å². The first-order valence-corrected chi connectivity index (χ1v) is 5.01. The maximum Gasteiger partial charge on any atom is 0.433 e. The van der Waals surface area contributed by atoms with Crippen molar-refractivity contribution in [3.8, 4) is 0 Å². The Morgan fingerprint density at radius 3 is 2.47 bits per heavy atom. The summed E-state index contributed by atoms with van der Waals surface area (Å²) in [7, 11) is 0. The lowest BCUT2D eigenvalue weighted by atomic mass is 10.3. The first-order valence-electron chi connectivity index (χ1n) is 5.01. The summed E-state index contributed by atoms with van der Waals surface area (Å²) in [5.74, 6) is -0.186. The van der Waals surface area contributed by atoms with Crippen LogP contribution in [0.1, 0.15) is 5.69 Å². The van der Waals surface area contributed by atoms with Crippen LogP contribution in [0.2, 0.25) is 0 Å². The van der Waals surface area contributed by atoms with E-state index in [1.807, 2.05) is 0 Å². The number of aromatic nitrogens is 2. The van der Waals surface area contributed by atoms with Crippen molar-refractivity contribution >= 4 is 11.8 Å². The quantitative estimate of drug-likeness (QED) is 0.800. The number of ether oxygens (including phenoxy) is 1. The first-order chi connectivity index (χ1) is 7.97. The molecule has 17 heavy (non-hydrogen) atoms. The van der Waals surface area contributed by atoms with Gasteiger partial charge in [0.05, 0.1) is 13.2 Å². The lowest BCUT2D eigenvalue weighted by molar-refractivity contribution is -0.141. The average Bonchev–Trinajstić information content (AvgIpc) is 2.28. The Hall–Kier alpha value is -1.57. The van der Waals surface area contributed by atoms with E-state index in [1.165, 1.54) is 0 Å². The number of nitrogen functional groups attached to an aromatic ring is 1. The zero-order chi connectivity index (χ0) is 12.5. The molecule has 1 aromatic rings. The fourth-order valence-corrected chi connectivity index (χ4v) is 1.50. The monoisotopic (exact) mass is 248 g/mol. The van der Waals surface area contributed by atoms with E-state index in [-0.39, 0.29) is 11.8 Å². The van der Waals surface area contributed by atoms with Gasteiger partial charge in [-0.25, -0.2) is 4.98 Å². The minimum Gasteiger partial charge on any atom is -0.384 e. The van der Waals surface area contributed by atoms with Gasteiger partial charge < -0.3 is 15.4 Å². The third kappa shape index (κ3) is 2.76. The Bertz CT molecular complexity index is 404. The second-order valence-electron chi connectivity index (χ2n) is 3.58. The van der Waals surface area contributed by atoms with Crippen molar-refractivity contribution in [2.75, 3.05) is 36.9 Å². The molecule has 8 heteroatoms. The van der Waals surface area contributed by atoms with Crippen molar-refractivity contribution in [2.24, 2.45) is 0 Å². The van der Waals surface area contributed by atoms with Gasteiger partial charge in [0.15, 0.2) is 5.69 Å². The standard InChI is InChI=1S/C9H11F3N4O/c10-9(11,12)6-5-7(13)15-8(14-6)16-1-3-17-4-2-16/h5H,1-4H2,(H2,13,14,15). The zero-order valence-electron chi connectivity index (χ0n) is 8.87. The van der Waals surface area contributed by atoms with Gasteiger partial charge in [0.25, 0.3) is 0 Å². The summed E-state index contributed by atoms with van der Waals surface area (Å²) in [5, 5.41) is 0. The van der Waals surface area contributed by atoms with E-state index in [9.17, 15) is 13.2 Å². The van der Waals surface area contributed by atoms with Crippen LogP contribution in [0.15, 0.2) is 6.07 Å². The number of anilines is 2.